The summed E-state index contributed by atoms with van der Waals surface area (Å²) in [7, 11) is 0. The minimum Gasteiger partial charge on any atom is -0.289 e. The Bertz CT molecular complexity index is 442. The third-order valence-corrected chi connectivity index (χ3v) is 2.24. The van der Waals surface area contributed by atoms with Gasteiger partial charge in [-0.15, -0.1) is 5.10 Å². The second-order valence-electron chi connectivity index (χ2n) is 3.89. The minimum atomic E-state index is 0.435. The van der Waals surface area contributed by atoms with Gasteiger partial charge in [0.15, 0.2) is 5.82 Å². The molecule has 0 N–H and O–H groups in total. The quantitative estimate of drug-likeness (QED) is 0.749. The van der Waals surface area contributed by atoms with Crippen molar-refractivity contribution in [3.8, 4) is 5.82 Å². The van der Waals surface area contributed by atoms with Gasteiger partial charge in [-0.05, 0) is 25.0 Å². The summed E-state index contributed by atoms with van der Waals surface area (Å²) in [5.41, 5.74) is 1.99. The molecule has 0 aliphatic heterocycles. The van der Waals surface area contributed by atoms with Crippen LogP contribution in [0.15, 0.2) is 24.7 Å². The van der Waals surface area contributed by atoms with Crippen LogP contribution in [0.25, 0.3) is 5.82 Å². The van der Waals surface area contributed by atoms with Crippen LogP contribution in [0, 0.1) is 6.92 Å². The van der Waals surface area contributed by atoms with Gasteiger partial charge in [-0.3, -0.25) is 4.57 Å². The Hall–Kier alpha value is -1.71. The van der Waals surface area contributed by atoms with Crippen molar-refractivity contribution in [3.05, 3.63) is 36.0 Å². The molecule has 2 aromatic rings. The van der Waals surface area contributed by atoms with E-state index in [1.54, 1.807) is 6.33 Å². The monoisotopic (exact) mass is 202 g/mol. The molecule has 2 aromatic heterocycles. The van der Waals surface area contributed by atoms with E-state index in [0.717, 1.165) is 17.2 Å². The molecule has 4 heteroatoms. The maximum atomic E-state index is 4.31. The van der Waals surface area contributed by atoms with Gasteiger partial charge in [0.2, 0.25) is 0 Å². The molecule has 0 aliphatic rings. The largest absolute Gasteiger partial charge is 0.289 e. The molecule has 0 spiro atoms. The topological polar surface area (TPSA) is 43.6 Å². The van der Waals surface area contributed by atoms with Crippen molar-refractivity contribution in [2.24, 2.45) is 0 Å². The number of hydrogen-bond acceptors (Lipinski definition) is 3. The van der Waals surface area contributed by atoms with E-state index in [1.807, 2.05) is 29.8 Å². The van der Waals surface area contributed by atoms with Crippen LogP contribution in [0.4, 0.5) is 0 Å². The van der Waals surface area contributed by atoms with E-state index in [1.165, 1.54) is 0 Å². The normalized spacial score (nSPS) is 10.9. The Morgan fingerprint density at radius 1 is 1.20 bits per heavy atom. The molecule has 0 saturated carbocycles. The molecule has 78 valence electrons. The zero-order valence-corrected chi connectivity index (χ0v) is 9.18. The van der Waals surface area contributed by atoms with Gasteiger partial charge in [0.1, 0.15) is 6.33 Å². The number of imidazole rings is 1. The summed E-state index contributed by atoms with van der Waals surface area (Å²) < 4.78 is 1.89. The first-order chi connectivity index (χ1) is 7.16. The van der Waals surface area contributed by atoms with Crippen molar-refractivity contribution in [1.82, 2.24) is 19.7 Å². The lowest BCUT2D eigenvalue weighted by Crippen LogP contribution is -1.97. The van der Waals surface area contributed by atoms with E-state index in [2.05, 4.69) is 29.0 Å². The van der Waals surface area contributed by atoms with Crippen LogP contribution in [0.3, 0.4) is 0 Å². The third-order valence-electron chi connectivity index (χ3n) is 2.24. The Labute approximate surface area is 89.0 Å². The molecule has 2 rings (SSSR count). The molecule has 0 radical (unpaired) electrons. The summed E-state index contributed by atoms with van der Waals surface area (Å²) in [5.74, 6) is 1.24. The van der Waals surface area contributed by atoms with Crippen LogP contribution < -0.4 is 0 Å². The molecule has 0 atom stereocenters. The summed E-state index contributed by atoms with van der Waals surface area (Å²) in [5, 5.41) is 8.11. The smallest absolute Gasteiger partial charge is 0.160 e. The van der Waals surface area contributed by atoms with Gasteiger partial charge in [0.25, 0.3) is 0 Å². The number of rotatable bonds is 2. The lowest BCUT2D eigenvalue weighted by molar-refractivity contribution is 0.830. The Morgan fingerprint density at radius 3 is 2.53 bits per heavy atom. The highest BCUT2D eigenvalue weighted by atomic mass is 15.2. The van der Waals surface area contributed by atoms with E-state index < -0.39 is 0 Å². The van der Waals surface area contributed by atoms with Gasteiger partial charge in [0, 0.05) is 6.20 Å². The fourth-order valence-corrected chi connectivity index (χ4v) is 1.29. The van der Waals surface area contributed by atoms with E-state index in [0.29, 0.717) is 5.92 Å². The zero-order valence-electron chi connectivity index (χ0n) is 9.18. The van der Waals surface area contributed by atoms with Crippen LogP contribution in [0.5, 0.6) is 0 Å². The molecule has 15 heavy (non-hydrogen) atoms. The van der Waals surface area contributed by atoms with Crippen molar-refractivity contribution in [2.75, 3.05) is 0 Å². The van der Waals surface area contributed by atoms with Gasteiger partial charge in [-0.25, -0.2) is 4.98 Å². The molecular formula is C11H14N4. The average Bonchev–Trinajstić information content (AvgIpc) is 2.68. The lowest BCUT2D eigenvalue weighted by Gasteiger charge is -2.00. The van der Waals surface area contributed by atoms with E-state index in [4.69, 9.17) is 0 Å². The summed E-state index contributed by atoms with van der Waals surface area (Å²) in [6.07, 6.45) is 3.76. The first-order valence-electron chi connectivity index (χ1n) is 5.01. The summed E-state index contributed by atoms with van der Waals surface area (Å²) in [6.45, 7) is 6.16. The molecule has 0 fully saturated rings. The fraction of sp³-hybridized carbons (Fsp3) is 0.364. The van der Waals surface area contributed by atoms with Crippen molar-refractivity contribution in [1.29, 1.82) is 0 Å². The molecule has 0 bridgehead atoms. The van der Waals surface area contributed by atoms with E-state index in [-0.39, 0.29) is 0 Å². The van der Waals surface area contributed by atoms with E-state index >= 15 is 0 Å². The van der Waals surface area contributed by atoms with Crippen LogP contribution in [-0.4, -0.2) is 19.7 Å². The van der Waals surface area contributed by atoms with Crippen molar-refractivity contribution >= 4 is 0 Å². The molecule has 0 saturated heterocycles. The first kappa shape index (κ1) is 9.83. The molecule has 0 aliphatic carbocycles. The first-order valence-corrected chi connectivity index (χ1v) is 5.01. The Kier molecular flexibility index (Phi) is 2.49. The number of hydrogen-bond donors (Lipinski definition) is 0. The molecule has 0 unspecified atom stereocenters. The van der Waals surface area contributed by atoms with Crippen molar-refractivity contribution < 1.29 is 0 Å². The molecule has 4 nitrogen and oxygen atoms in total. The van der Waals surface area contributed by atoms with Crippen molar-refractivity contribution in [2.45, 2.75) is 26.7 Å². The maximum absolute atomic E-state index is 4.31. The Balaban J connectivity index is 2.33. The van der Waals surface area contributed by atoms with Crippen LogP contribution >= 0.6 is 0 Å². The van der Waals surface area contributed by atoms with Crippen LogP contribution in [0.2, 0.25) is 0 Å². The van der Waals surface area contributed by atoms with E-state index in [9.17, 15) is 0 Å². The van der Waals surface area contributed by atoms with Gasteiger partial charge in [0.05, 0.1) is 11.4 Å². The van der Waals surface area contributed by atoms with Gasteiger partial charge < -0.3 is 0 Å². The Morgan fingerprint density at radius 2 is 2.00 bits per heavy atom. The molecule has 2 heterocycles. The maximum Gasteiger partial charge on any atom is 0.160 e. The highest BCUT2D eigenvalue weighted by Gasteiger charge is 2.05. The SMILES string of the molecule is Cc1ccc(-n2cnc(C(C)C)c2)nn1. The highest BCUT2D eigenvalue weighted by molar-refractivity contribution is 5.22. The minimum absolute atomic E-state index is 0.435. The van der Waals surface area contributed by atoms with Crippen LogP contribution in [0.1, 0.15) is 31.2 Å². The molecular weight excluding hydrogens is 188 g/mol. The predicted molar refractivity (Wildman–Crippen MR) is 58.0 cm³/mol. The average molecular weight is 202 g/mol. The number of nitrogens with zero attached hydrogens (tertiary/aromatic N) is 4. The standard InChI is InChI=1S/C11H14N4/c1-8(2)10-6-15(7-12-10)11-5-4-9(3)13-14-11/h4-8H,1-3H3. The molecule has 0 aromatic carbocycles. The lowest BCUT2D eigenvalue weighted by atomic mass is 10.2. The highest BCUT2D eigenvalue weighted by Crippen LogP contribution is 2.12. The second kappa shape index (κ2) is 3.81. The van der Waals surface area contributed by atoms with Crippen LogP contribution in [-0.2, 0) is 0 Å². The zero-order chi connectivity index (χ0) is 10.8. The fourth-order valence-electron chi connectivity index (χ4n) is 1.29. The van der Waals surface area contributed by atoms with Gasteiger partial charge in [-0.2, -0.15) is 5.10 Å². The second-order valence-corrected chi connectivity index (χ2v) is 3.89. The summed E-state index contributed by atoms with van der Waals surface area (Å²) in [6, 6.07) is 3.88. The summed E-state index contributed by atoms with van der Waals surface area (Å²) in [4.78, 5) is 4.31. The van der Waals surface area contributed by atoms with Gasteiger partial charge in [-0.1, -0.05) is 13.8 Å². The van der Waals surface area contributed by atoms with Crippen molar-refractivity contribution in [3.63, 3.8) is 0 Å². The van der Waals surface area contributed by atoms with Gasteiger partial charge >= 0.3 is 0 Å². The number of aryl methyl sites for hydroxylation is 1. The summed E-state index contributed by atoms with van der Waals surface area (Å²) >= 11 is 0. The molecule has 0 amide bonds. The third kappa shape index (κ3) is 2.03. The number of aromatic nitrogens is 4. The predicted octanol–water partition coefficient (Wildman–Crippen LogP) is 2.09.